The largest absolute Gasteiger partial charge is 0.416 e. The number of urea groups is 1. The van der Waals surface area contributed by atoms with Crippen LogP contribution in [0.25, 0.3) is 0 Å². The first-order valence-corrected chi connectivity index (χ1v) is 7.77. The van der Waals surface area contributed by atoms with E-state index in [0.29, 0.717) is 6.07 Å². The second-order valence-corrected chi connectivity index (χ2v) is 5.91. The van der Waals surface area contributed by atoms with Crippen molar-refractivity contribution in [2.45, 2.75) is 25.1 Å². The van der Waals surface area contributed by atoms with Crippen LogP contribution in [-0.4, -0.2) is 6.03 Å². The van der Waals surface area contributed by atoms with Gasteiger partial charge in [-0.15, -0.1) is 0 Å². The summed E-state index contributed by atoms with van der Waals surface area (Å²) < 4.78 is 128. The number of hydrogen-bond acceptors (Lipinski definition) is 1. The Bertz CT molecular complexity index is 899. The molecular weight excluding hydrogens is 438 g/mol. The van der Waals surface area contributed by atoms with E-state index < -0.39 is 64.9 Å². The standard InChI is InChI=1S/C17H10F10N2O/c18-13-6-9(15(19,20)21)2-1-8(13)7-28-14(30)29-12-4-10(16(22,23)24)3-11(5-12)17(25,26)27/h1-6H,7H2,(H2,28,29,30). The lowest BCUT2D eigenvalue weighted by molar-refractivity contribution is -0.143. The number of carbonyl (C=O) groups is 1. The summed E-state index contributed by atoms with van der Waals surface area (Å²) in [7, 11) is 0. The molecule has 164 valence electrons. The summed E-state index contributed by atoms with van der Waals surface area (Å²) in [5, 5.41) is 3.67. The maximum atomic E-state index is 13.7. The molecular formula is C17H10F10N2O. The van der Waals surface area contributed by atoms with E-state index in [2.05, 4.69) is 0 Å². The van der Waals surface area contributed by atoms with Crippen LogP contribution in [0.15, 0.2) is 36.4 Å². The smallest absolute Gasteiger partial charge is 0.334 e. The maximum absolute atomic E-state index is 13.7. The Morgan fingerprint density at radius 3 is 1.67 bits per heavy atom. The van der Waals surface area contributed by atoms with Gasteiger partial charge < -0.3 is 10.6 Å². The van der Waals surface area contributed by atoms with Crippen LogP contribution >= 0.6 is 0 Å². The summed E-state index contributed by atoms with van der Waals surface area (Å²) in [5.41, 5.74) is -5.85. The number of alkyl halides is 9. The Balaban J connectivity index is 2.15. The molecule has 0 bridgehead atoms. The van der Waals surface area contributed by atoms with Crippen LogP contribution in [0.3, 0.4) is 0 Å². The van der Waals surface area contributed by atoms with Gasteiger partial charge in [0, 0.05) is 17.8 Å². The molecule has 0 aliphatic heterocycles. The normalized spacial score (nSPS) is 12.6. The average molecular weight is 448 g/mol. The van der Waals surface area contributed by atoms with Crippen LogP contribution < -0.4 is 10.6 Å². The minimum Gasteiger partial charge on any atom is -0.334 e. The van der Waals surface area contributed by atoms with Crippen molar-refractivity contribution in [1.82, 2.24) is 5.32 Å². The van der Waals surface area contributed by atoms with Crippen LogP contribution in [0.2, 0.25) is 0 Å². The van der Waals surface area contributed by atoms with Crippen LogP contribution in [0.4, 0.5) is 54.4 Å². The van der Waals surface area contributed by atoms with E-state index in [4.69, 9.17) is 0 Å². The van der Waals surface area contributed by atoms with Crippen molar-refractivity contribution < 1.29 is 48.7 Å². The van der Waals surface area contributed by atoms with E-state index in [0.717, 1.165) is 6.07 Å². The van der Waals surface area contributed by atoms with E-state index in [1.54, 1.807) is 5.32 Å². The van der Waals surface area contributed by atoms with Gasteiger partial charge in [0.05, 0.1) is 16.7 Å². The number of carbonyl (C=O) groups excluding carboxylic acids is 1. The van der Waals surface area contributed by atoms with E-state index in [-0.39, 0.29) is 24.3 Å². The molecule has 3 nitrogen and oxygen atoms in total. The van der Waals surface area contributed by atoms with E-state index in [9.17, 15) is 48.7 Å². The number of rotatable bonds is 3. The number of amides is 2. The molecule has 0 aliphatic carbocycles. The van der Waals surface area contributed by atoms with Gasteiger partial charge in [0.25, 0.3) is 0 Å². The molecule has 0 aliphatic rings. The summed E-state index contributed by atoms with van der Waals surface area (Å²) in [6.45, 7) is -0.680. The molecule has 0 aromatic heterocycles. The fraction of sp³-hybridized carbons (Fsp3) is 0.235. The van der Waals surface area contributed by atoms with Gasteiger partial charge in [-0.2, -0.15) is 39.5 Å². The van der Waals surface area contributed by atoms with Gasteiger partial charge in [-0.05, 0) is 30.3 Å². The third kappa shape index (κ3) is 6.00. The van der Waals surface area contributed by atoms with Gasteiger partial charge in [0.15, 0.2) is 0 Å². The van der Waals surface area contributed by atoms with Crippen molar-refractivity contribution in [2.75, 3.05) is 5.32 Å². The zero-order valence-corrected chi connectivity index (χ0v) is 14.4. The van der Waals surface area contributed by atoms with E-state index >= 15 is 0 Å². The van der Waals surface area contributed by atoms with Gasteiger partial charge >= 0.3 is 24.6 Å². The number of halogens is 10. The Morgan fingerprint density at radius 1 is 0.733 bits per heavy atom. The Hall–Kier alpha value is -2.99. The predicted molar refractivity (Wildman–Crippen MR) is 83.7 cm³/mol. The van der Waals surface area contributed by atoms with Crippen molar-refractivity contribution in [3.8, 4) is 0 Å². The van der Waals surface area contributed by atoms with Gasteiger partial charge in [0.1, 0.15) is 5.82 Å². The van der Waals surface area contributed by atoms with E-state index in [1.807, 2.05) is 5.32 Å². The topological polar surface area (TPSA) is 41.1 Å². The van der Waals surface area contributed by atoms with Crippen molar-refractivity contribution >= 4 is 11.7 Å². The van der Waals surface area contributed by atoms with Crippen molar-refractivity contribution in [1.29, 1.82) is 0 Å². The third-order valence-corrected chi connectivity index (χ3v) is 3.67. The fourth-order valence-electron chi connectivity index (χ4n) is 2.24. The van der Waals surface area contributed by atoms with Gasteiger partial charge in [-0.1, -0.05) is 6.07 Å². The Labute approximate surface area is 161 Å². The monoisotopic (exact) mass is 448 g/mol. The molecule has 0 saturated carbocycles. The molecule has 2 N–H and O–H groups in total. The molecule has 30 heavy (non-hydrogen) atoms. The minimum absolute atomic E-state index is 0.138. The first kappa shape index (κ1) is 23.3. The lowest BCUT2D eigenvalue weighted by atomic mass is 10.1. The summed E-state index contributed by atoms with van der Waals surface area (Å²) in [6, 6.07) is 0.519. The fourth-order valence-corrected chi connectivity index (χ4v) is 2.24. The second kappa shape index (κ2) is 8.03. The van der Waals surface area contributed by atoms with Crippen molar-refractivity contribution in [2.24, 2.45) is 0 Å². The van der Waals surface area contributed by atoms with Crippen LogP contribution in [0.5, 0.6) is 0 Å². The molecule has 2 aromatic carbocycles. The second-order valence-electron chi connectivity index (χ2n) is 5.91. The zero-order valence-electron chi connectivity index (χ0n) is 14.4. The van der Waals surface area contributed by atoms with Crippen LogP contribution in [-0.2, 0) is 25.1 Å². The highest BCUT2D eigenvalue weighted by Gasteiger charge is 2.37. The first-order valence-electron chi connectivity index (χ1n) is 7.77. The average Bonchev–Trinajstić information content (AvgIpc) is 2.58. The van der Waals surface area contributed by atoms with Crippen LogP contribution in [0, 0.1) is 5.82 Å². The van der Waals surface area contributed by atoms with Gasteiger partial charge in [0.2, 0.25) is 0 Å². The highest BCUT2D eigenvalue weighted by molar-refractivity contribution is 5.89. The molecule has 0 atom stereocenters. The first-order chi connectivity index (χ1) is 13.6. The zero-order chi connectivity index (χ0) is 22.9. The highest BCUT2D eigenvalue weighted by Crippen LogP contribution is 2.37. The van der Waals surface area contributed by atoms with Crippen molar-refractivity contribution in [3.63, 3.8) is 0 Å². The molecule has 0 saturated heterocycles. The summed E-state index contributed by atoms with van der Waals surface area (Å²) in [4.78, 5) is 11.8. The molecule has 0 fully saturated rings. The predicted octanol–water partition coefficient (Wildman–Crippen LogP) is 6.20. The van der Waals surface area contributed by atoms with Gasteiger partial charge in [-0.25, -0.2) is 9.18 Å². The number of nitrogens with one attached hydrogen (secondary N) is 2. The molecule has 0 heterocycles. The summed E-state index contributed by atoms with van der Waals surface area (Å²) >= 11 is 0. The SMILES string of the molecule is O=C(NCc1ccc(C(F)(F)F)cc1F)Nc1cc(C(F)(F)F)cc(C(F)(F)F)c1. The molecule has 2 amide bonds. The molecule has 2 rings (SSSR count). The summed E-state index contributed by atoms with van der Waals surface area (Å²) in [5.74, 6) is -1.32. The lowest BCUT2D eigenvalue weighted by Crippen LogP contribution is -2.29. The number of anilines is 1. The Morgan fingerprint density at radius 2 is 1.23 bits per heavy atom. The molecule has 0 radical (unpaired) electrons. The quantitative estimate of drug-likeness (QED) is 0.540. The molecule has 13 heteroatoms. The molecule has 2 aromatic rings. The number of hydrogen-bond donors (Lipinski definition) is 2. The minimum atomic E-state index is -5.13. The van der Waals surface area contributed by atoms with Crippen molar-refractivity contribution in [3.05, 3.63) is 64.5 Å². The number of benzene rings is 2. The van der Waals surface area contributed by atoms with E-state index in [1.165, 1.54) is 0 Å². The Kier molecular flexibility index (Phi) is 6.23. The molecule has 0 spiro atoms. The highest BCUT2D eigenvalue weighted by atomic mass is 19.4. The maximum Gasteiger partial charge on any atom is 0.416 e. The van der Waals surface area contributed by atoms with Gasteiger partial charge in [-0.3, -0.25) is 0 Å². The lowest BCUT2D eigenvalue weighted by Gasteiger charge is -2.15. The summed E-state index contributed by atoms with van der Waals surface area (Å²) in [6.07, 6.45) is -15.1. The third-order valence-electron chi connectivity index (χ3n) is 3.67. The van der Waals surface area contributed by atoms with Crippen LogP contribution in [0.1, 0.15) is 22.3 Å². The molecule has 0 unspecified atom stereocenters.